The zero-order chi connectivity index (χ0) is 22.1. The van der Waals surface area contributed by atoms with Gasteiger partial charge in [0, 0.05) is 26.1 Å². The first kappa shape index (κ1) is 20.3. The van der Waals surface area contributed by atoms with Crippen molar-refractivity contribution in [2.45, 2.75) is 13.0 Å². The first-order valence-electron chi connectivity index (χ1n) is 9.45. The summed E-state index contributed by atoms with van der Waals surface area (Å²) >= 11 is 0. The Hall–Kier alpha value is -3.94. The molecule has 2 heterocycles. The zero-order valence-corrected chi connectivity index (χ0v) is 16.5. The number of aromatic hydroxyl groups is 1. The molecule has 0 fully saturated rings. The normalized spacial score (nSPS) is 11.1. The number of pyridine rings is 1. The van der Waals surface area contributed by atoms with Crippen LogP contribution in [0.5, 0.6) is 5.75 Å². The van der Waals surface area contributed by atoms with Gasteiger partial charge in [0.15, 0.2) is 17.4 Å². The van der Waals surface area contributed by atoms with Crippen LogP contribution >= 0.6 is 0 Å². The van der Waals surface area contributed by atoms with Crippen LogP contribution in [0.2, 0.25) is 0 Å². The summed E-state index contributed by atoms with van der Waals surface area (Å²) in [7, 11) is 1.44. The number of hydrogen-bond acceptors (Lipinski definition) is 4. The maximum atomic E-state index is 13.5. The number of nitrogens with zero attached hydrogens (tertiary/aromatic N) is 1. The van der Waals surface area contributed by atoms with E-state index in [0.717, 1.165) is 22.3 Å². The third-order valence-corrected chi connectivity index (χ3v) is 5.01. The second-order valence-electron chi connectivity index (χ2n) is 7.11. The topological polar surface area (TPSA) is 84.5 Å². The van der Waals surface area contributed by atoms with Crippen molar-refractivity contribution in [2.24, 2.45) is 7.05 Å². The summed E-state index contributed by atoms with van der Waals surface area (Å²) in [5.41, 5.74) is 0.658. The number of fused-ring (bicyclic) bond motifs is 1. The van der Waals surface area contributed by atoms with Crippen LogP contribution < -0.4 is 10.9 Å². The Morgan fingerprint density at radius 3 is 2.52 bits per heavy atom. The first-order chi connectivity index (χ1) is 14.8. The van der Waals surface area contributed by atoms with Crippen LogP contribution in [0.1, 0.15) is 27.2 Å². The van der Waals surface area contributed by atoms with E-state index in [2.05, 4.69) is 5.32 Å². The summed E-state index contributed by atoms with van der Waals surface area (Å²) in [6, 6.07) is 13.9. The second kappa shape index (κ2) is 8.06. The molecule has 1 amide bonds. The van der Waals surface area contributed by atoms with Crippen LogP contribution in [0.15, 0.2) is 63.8 Å². The summed E-state index contributed by atoms with van der Waals surface area (Å²) in [6.07, 6.45) is -0.119. The van der Waals surface area contributed by atoms with E-state index in [0.29, 0.717) is 5.56 Å². The number of rotatable bonds is 5. The fourth-order valence-corrected chi connectivity index (χ4v) is 3.35. The third kappa shape index (κ3) is 3.92. The summed E-state index contributed by atoms with van der Waals surface area (Å²) in [4.78, 5) is 25.2. The molecule has 4 rings (SSSR count). The molecule has 0 aliphatic heterocycles. The number of benzene rings is 2. The minimum atomic E-state index is -1.05. The largest absolute Gasteiger partial charge is 0.507 e. The van der Waals surface area contributed by atoms with E-state index < -0.39 is 23.1 Å². The summed E-state index contributed by atoms with van der Waals surface area (Å²) < 4.78 is 33.4. The quantitative estimate of drug-likeness (QED) is 0.512. The number of amides is 1. The molecule has 0 aliphatic rings. The van der Waals surface area contributed by atoms with Gasteiger partial charge in [-0.1, -0.05) is 36.4 Å². The molecule has 4 aromatic rings. The van der Waals surface area contributed by atoms with Crippen molar-refractivity contribution in [3.8, 4) is 5.75 Å². The van der Waals surface area contributed by atoms with Crippen molar-refractivity contribution < 1.29 is 23.1 Å². The van der Waals surface area contributed by atoms with Gasteiger partial charge in [-0.3, -0.25) is 14.2 Å². The fraction of sp³-hybridized carbons (Fsp3) is 0.130. The maximum absolute atomic E-state index is 13.5. The number of furan rings is 1. The fourth-order valence-electron chi connectivity index (χ4n) is 3.35. The van der Waals surface area contributed by atoms with Gasteiger partial charge in [0.1, 0.15) is 5.75 Å². The van der Waals surface area contributed by atoms with Crippen molar-refractivity contribution in [1.82, 2.24) is 9.88 Å². The standard InChI is InChI=1S/C23H18F2N2O4/c1-27-22(30)15(9-14-7-8-17(24)18(25)10-14)20(28)16-11-19(31-23(16)27)21(29)26-12-13-5-3-2-4-6-13/h2-8,10-11,28H,9,12H2,1H3,(H,26,29). The SMILES string of the molecule is Cn1c(=O)c(Cc2ccc(F)c(F)c2)c(O)c2cc(C(=O)NCc3ccccc3)oc21. The van der Waals surface area contributed by atoms with Gasteiger partial charge in [-0.15, -0.1) is 0 Å². The molecule has 6 nitrogen and oxygen atoms in total. The number of halogens is 2. The molecule has 0 aliphatic carbocycles. The Labute approximate surface area is 175 Å². The van der Waals surface area contributed by atoms with Crippen LogP contribution in [0.4, 0.5) is 8.78 Å². The van der Waals surface area contributed by atoms with Gasteiger partial charge in [0.05, 0.1) is 10.9 Å². The lowest BCUT2D eigenvalue weighted by molar-refractivity contribution is 0.0924. The van der Waals surface area contributed by atoms with E-state index in [4.69, 9.17) is 4.42 Å². The smallest absolute Gasteiger partial charge is 0.287 e. The Morgan fingerprint density at radius 1 is 1.06 bits per heavy atom. The average Bonchev–Trinajstić information content (AvgIpc) is 3.23. The molecule has 0 spiro atoms. The van der Waals surface area contributed by atoms with Gasteiger partial charge >= 0.3 is 0 Å². The van der Waals surface area contributed by atoms with Gasteiger partial charge < -0.3 is 14.8 Å². The van der Waals surface area contributed by atoms with Crippen molar-refractivity contribution in [1.29, 1.82) is 0 Å². The van der Waals surface area contributed by atoms with Crippen LogP contribution in [-0.2, 0) is 20.0 Å². The number of aromatic nitrogens is 1. The Kier molecular flexibility index (Phi) is 5.29. The Morgan fingerprint density at radius 2 is 1.81 bits per heavy atom. The van der Waals surface area contributed by atoms with Crippen LogP contribution in [0.25, 0.3) is 11.1 Å². The van der Waals surface area contributed by atoms with E-state index in [1.807, 2.05) is 30.3 Å². The monoisotopic (exact) mass is 424 g/mol. The molecule has 0 saturated carbocycles. The lowest BCUT2D eigenvalue weighted by atomic mass is 10.0. The minimum absolute atomic E-state index is 0.0157. The molecule has 0 radical (unpaired) electrons. The van der Waals surface area contributed by atoms with Crippen LogP contribution in [0, 0.1) is 11.6 Å². The van der Waals surface area contributed by atoms with E-state index in [-0.39, 0.29) is 41.1 Å². The van der Waals surface area contributed by atoms with Gasteiger partial charge in [-0.05, 0) is 23.3 Å². The van der Waals surface area contributed by atoms with Gasteiger partial charge in [0.25, 0.3) is 11.5 Å². The number of carbonyl (C=O) groups excluding carboxylic acids is 1. The average molecular weight is 424 g/mol. The molecule has 8 heteroatoms. The van der Waals surface area contributed by atoms with Crippen molar-refractivity contribution in [2.75, 3.05) is 0 Å². The van der Waals surface area contributed by atoms with Crippen molar-refractivity contribution in [3.63, 3.8) is 0 Å². The highest BCUT2D eigenvalue weighted by atomic mass is 19.2. The summed E-state index contributed by atoms with van der Waals surface area (Å²) in [5, 5.41) is 13.6. The molecular weight excluding hydrogens is 406 g/mol. The highest BCUT2D eigenvalue weighted by Crippen LogP contribution is 2.30. The highest BCUT2D eigenvalue weighted by molar-refractivity contribution is 5.97. The molecule has 158 valence electrons. The molecule has 0 saturated heterocycles. The predicted molar refractivity (Wildman–Crippen MR) is 110 cm³/mol. The maximum Gasteiger partial charge on any atom is 0.287 e. The Bertz CT molecular complexity index is 1340. The summed E-state index contributed by atoms with van der Waals surface area (Å²) in [5.74, 6) is -2.99. The van der Waals surface area contributed by atoms with Crippen LogP contribution in [-0.4, -0.2) is 15.6 Å². The minimum Gasteiger partial charge on any atom is -0.507 e. The van der Waals surface area contributed by atoms with E-state index in [1.54, 1.807) is 0 Å². The second-order valence-corrected chi connectivity index (χ2v) is 7.11. The van der Waals surface area contributed by atoms with Gasteiger partial charge in [0.2, 0.25) is 5.71 Å². The number of nitrogens with one attached hydrogen (secondary N) is 1. The molecule has 31 heavy (non-hydrogen) atoms. The highest BCUT2D eigenvalue weighted by Gasteiger charge is 2.21. The summed E-state index contributed by atoms with van der Waals surface area (Å²) in [6.45, 7) is 0.281. The van der Waals surface area contributed by atoms with E-state index in [9.17, 15) is 23.5 Å². The Balaban J connectivity index is 1.66. The molecule has 2 aromatic carbocycles. The molecule has 0 unspecified atom stereocenters. The predicted octanol–water partition coefficient (Wildman–Crippen LogP) is 3.64. The van der Waals surface area contributed by atoms with Crippen molar-refractivity contribution >= 4 is 17.0 Å². The lowest BCUT2D eigenvalue weighted by Crippen LogP contribution is -2.22. The van der Waals surface area contributed by atoms with Gasteiger partial charge in [-0.2, -0.15) is 0 Å². The van der Waals surface area contributed by atoms with E-state index in [1.165, 1.54) is 19.2 Å². The molecule has 2 aromatic heterocycles. The first-order valence-corrected chi connectivity index (χ1v) is 9.45. The molecular formula is C23H18F2N2O4. The van der Waals surface area contributed by atoms with Gasteiger partial charge in [-0.25, -0.2) is 8.78 Å². The third-order valence-electron chi connectivity index (χ3n) is 5.01. The van der Waals surface area contributed by atoms with Crippen LogP contribution in [0.3, 0.4) is 0 Å². The van der Waals surface area contributed by atoms with E-state index >= 15 is 0 Å². The number of hydrogen-bond donors (Lipinski definition) is 2. The molecule has 0 atom stereocenters. The lowest BCUT2D eigenvalue weighted by Gasteiger charge is -2.08. The van der Waals surface area contributed by atoms with Crippen molar-refractivity contribution in [3.05, 3.63) is 99.0 Å². The zero-order valence-electron chi connectivity index (χ0n) is 16.5. The number of carbonyl (C=O) groups is 1. The molecule has 2 N–H and O–H groups in total. The molecule has 0 bridgehead atoms. The number of aryl methyl sites for hydroxylation is 1.